The maximum atomic E-state index is 10.7. The van der Waals surface area contributed by atoms with Gasteiger partial charge in [-0.2, -0.15) is 0 Å². The standard InChI is InChI=1S/C15H22N2O/c18-15(14-7-4-9-16-14)8-10-17(12-15)11-13-5-2-1-3-6-13/h1-3,5-6,14,16,18H,4,7-12H2. The van der Waals surface area contributed by atoms with Gasteiger partial charge >= 0.3 is 0 Å². The van der Waals surface area contributed by atoms with Crippen molar-refractivity contribution in [2.24, 2.45) is 0 Å². The van der Waals surface area contributed by atoms with Crippen LogP contribution in [0.4, 0.5) is 0 Å². The number of nitrogens with one attached hydrogen (secondary N) is 1. The molecule has 2 N–H and O–H groups in total. The summed E-state index contributed by atoms with van der Waals surface area (Å²) in [5.74, 6) is 0. The minimum atomic E-state index is -0.509. The number of rotatable bonds is 3. The van der Waals surface area contributed by atoms with Crippen LogP contribution in [0.3, 0.4) is 0 Å². The molecule has 3 heteroatoms. The first-order valence-electron chi connectivity index (χ1n) is 6.98. The number of hydrogen-bond acceptors (Lipinski definition) is 3. The minimum absolute atomic E-state index is 0.304. The third-order valence-corrected chi connectivity index (χ3v) is 4.32. The second-order valence-electron chi connectivity index (χ2n) is 5.70. The van der Waals surface area contributed by atoms with Gasteiger partial charge in [0.15, 0.2) is 0 Å². The third-order valence-electron chi connectivity index (χ3n) is 4.32. The molecule has 2 saturated heterocycles. The van der Waals surface area contributed by atoms with Crippen molar-refractivity contribution in [1.29, 1.82) is 0 Å². The zero-order valence-corrected chi connectivity index (χ0v) is 10.8. The molecule has 2 aliphatic rings. The highest BCUT2D eigenvalue weighted by molar-refractivity contribution is 5.15. The molecular formula is C15H22N2O. The Morgan fingerprint density at radius 1 is 1.33 bits per heavy atom. The molecule has 3 rings (SSSR count). The van der Waals surface area contributed by atoms with E-state index in [1.807, 2.05) is 6.07 Å². The molecule has 2 atom stereocenters. The zero-order valence-electron chi connectivity index (χ0n) is 10.8. The van der Waals surface area contributed by atoms with Crippen LogP contribution >= 0.6 is 0 Å². The van der Waals surface area contributed by atoms with Crippen molar-refractivity contribution in [3.63, 3.8) is 0 Å². The molecule has 98 valence electrons. The topological polar surface area (TPSA) is 35.5 Å². The van der Waals surface area contributed by atoms with Crippen LogP contribution in [-0.2, 0) is 6.54 Å². The summed E-state index contributed by atoms with van der Waals surface area (Å²) in [5.41, 5.74) is 0.826. The maximum absolute atomic E-state index is 10.7. The molecule has 0 aliphatic carbocycles. The fourth-order valence-corrected chi connectivity index (χ4v) is 3.30. The summed E-state index contributed by atoms with van der Waals surface area (Å²) in [6.07, 6.45) is 3.22. The maximum Gasteiger partial charge on any atom is 0.0938 e. The highest BCUT2D eigenvalue weighted by Crippen LogP contribution is 2.30. The molecule has 0 radical (unpaired) electrons. The summed E-state index contributed by atoms with van der Waals surface area (Å²) >= 11 is 0. The van der Waals surface area contributed by atoms with E-state index in [-0.39, 0.29) is 0 Å². The fraction of sp³-hybridized carbons (Fsp3) is 0.600. The third kappa shape index (κ3) is 2.44. The highest BCUT2D eigenvalue weighted by atomic mass is 16.3. The average molecular weight is 246 g/mol. The Kier molecular flexibility index (Phi) is 3.37. The van der Waals surface area contributed by atoms with Gasteiger partial charge in [-0.05, 0) is 31.4 Å². The average Bonchev–Trinajstić information content (AvgIpc) is 3.01. The van der Waals surface area contributed by atoms with Crippen molar-refractivity contribution in [1.82, 2.24) is 10.2 Å². The molecular weight excluding hydrogens is 224 g/mol. The van der Waals surface area contributed by atoms with Gasteiger partial charge in [-0.15, -0.1) is 0 Å². The number of likely N-dealkylation sites (tertiary alicyclic amines) is 1. The lowest BCUT2D eigenvalue weighted by molar-refractivity contribution is 0.0162. The monoisotopic (exact) mass is 246 g/mol. The van der Waals surface area contributed by atoms with E-state index in [2.05, 4.69) is 34.5 Å². The van der Waals surface area contributed by atoms with Gasteiger partial charge in [0.25, 0.3) is 0 Å². The van der Waals surface area contributed by atoms with Gasteiger partial charge in [-0.3, -0.25) is 4.90 Å². The molecule has 0 aromatic heterocycles. The van der Waals surface area contributed by atoms with Crippen LogP contribution in [0, 0.1) is 0 Å². The summed E-state index contributed by atoms with van der Waals surface area (Å²) in [6.45, 7) is 3.82. The van der Waals surface area contributed by atoms with Gasteiger partial charge < -0.3 is 10.4 Å². The van der Waals surface area contributed by atoms with E-state index in [0.29, 0.717) is 6.04 Å². The normalized spacial score (nSPS) is 33.1. The van der Waals surface area contributed by atoms with Gasteiger partial charge in [-0.25, -0.2) is 0 Å². The Labute approximate surface area is 109 Å². The molecule has 1 aromatic rings. The Hall–Kier alpha value is -0.900. The van der Waals surface area contributed by atoms with Crippen LogP contribution < -0.4 is 5.32 Å². The van der Waals surface area contributed by atoms with Crippen molar-refractivity contribution in [3.05, 3.63) is 35.9 Å². The lowest BCUT2D eigenvalue weighted by Crippen LogP contribution is -2.49. The molecule has 0 spiro atoms. The van der Waals surface area contributed by atoms with Crippen LogP contribution in [0.1, 0.15) is 24.8 Å². The minimum Gasteiger partial charge on any atom is -0.387 e. The lowest BCUT2D eigenvalue weighted by Gasteiger charge is -2.30. The van der Waals surface area contributed by atoms with Crippen LogP contribution in [0.25, 0.3) is 0 Å². The predicted octanol–water partition coefficient (Wildman–Crippen LogP) is 1.38. The Morgan fingerprint density at radius 3 is 2.89 bits per heavy atom. The van der Waals surface area contributed by atoms with E-state index < -0.39 is 5.60 Å². The summed E-state index contributed by atoms with van der Waals surface area (Å²) in [6, 6.07) is 10.8. The largest absolute Gasteiger partial charge is 0.387 e. The molecule has 18 heavy (non-hydrogen) atoms. The summed E-state index contributed by atoms with van der Waals surface area (Å²) in [4.78, 5) is 2.37. The van der Waals surface area contributed by atoms with E-state index in [4.69, 9.17) is 0 Å². The van der Waals surface area contributed by atoms with Crippen molar-refractivity contribution in [2.75, 3.05) is 19.6 Å². The zero-order chi connectivity index (χ0) is 12.4. The molecule has 1 aromatic carbocycles. The van der Waals surface area contributed by atoms with Crippen molar-refractivity contribution < 1.29 is 5.11 Å². The first-order chi connectivity index (χ1) is 8.76. The molecule has 2 unspecified atom stereocenters. The highest BCUT2D eigenvalue weighted by Gasteiger charge is 2.43. The van der Waals surface area contributed by atoms with Gasteiger partial charge in [0, 0.05) is 25.7 Å². The quantitative estimate of drug-likeness (QED) is 0.845. The van der Waals surface area contributed by atoms with Crippen LogP contribution in [0.2, 0.25) is 0 Å². The number of β-amino-alcohol motifs (C(OH)–C–C–N with tert-alkyl or cyclic N) is 1. The van der Waals surface area contributed by atoms with Crippen molar-refractivity contribution >= 4 is 0 Å². The predicted molar refractivity (Wildman–Crippen MR) is 72.3 cm³/mol. The molecule has 2 aliphatic heterocycles. The van der Waals surface area contributed by atoms with Gasteiger partial charge in [-0.1, -0.05) is 30.3 Å². The van der Waals surface area contributed by atoms with Gasteiger partial charge in [0.1, 0.15) is 0 Å². The van der Waals surface area contributed by atoms with Crippen molar-refractivity contribution in [3.8, 4) is 0 Å². The molecule has 0 bridgehead atoms. The second-order valence-corrected chi connectivity index (χ2v) is 5.70. The van der Waals surface area contributed by atoms with Crippen LogP contribution in [0.5, 0.6) is 0 Å². The summed E-state index contributed by atoms with van der Waals surface area (Å²) in [7, 11) is 0. The smallest absolute Gasteiger partial charge is 0.0938 e. The lowest BCUT2D eigenvalue weighted by atomic mass is 9.92. The van der Waals surface area contributed by atoms with E-state index in [1.54, 1.807) is 0 Å². The number of hydrogen-bond donors (Lipinski definition) is 2. The van der Waals surface area contributed by atoms with E-state index >= 15 is 0 Å². The van der Waals surface area contributed by atoms with E-state index in [9.17, 15) is 5.11 Å². The first-order valence-corrected chi connectivity index (χ1v) is 6.98. The molecule has 3 nitrogen and oxygen atoms in total. The summed E-state index contributed by atoms with van der Waals surface area (Å²) < 4.78 is 0. The van der Waals surface area contributed by atoms with E-state index in [0.717, 1.165) is 39.0 Å². The second kappa shape index (κ2) is 5.00. The summed E-state index contributed by atoms with van der Waals surface area (Å²) in [5, 5.41) is 14.2. The Morgan fingerprint density at radius 2 is 2.17 bits per heavy atom. The van der Waals surface area contributed by atoms with Gasteiger partial charge in [0.05, 0.1) is 5.60 Å². The van der Waals surface area contributed by atoms with Crippen LogP contribution in [0.15, 0.2) is 30.3 Å². The Bertz CT molecular complexity index is 389. The van der Waals surface area contributed by atoms with Crippen LogP contribution in [-0.4, -0.2) is 41.3 Å². The number of nitrogens with zero attached hydrogens (tertiary/aromatic N) is 1. The number of benzene rings is 1. The molecule has 0 amide bonds. The Balaban J connectivity index is 1.61. The first kappa shape index (κ1) is 12.2. The van der Waals surface area contributed by atoms with Crippen molar-refractivity contribution in [2.45, 2.75) is 37.5 Å². The van der Waals surface area contributed by atoms with Gasteiger partial charge in [0.2, 0.25) is 0 Å². The fourth-order valence-electron chi connectivity index (χ4n) is 3.30. The number of aliphatic hydroxyl groups is 1. The van der Waals surface area contributed by atoms with E-state index in [1.165, 1.54) is 12.0 Å². The SMILES string of the molecule is OC1(C2CCCN2)CCN(Cc2ccccc2)C1. The molecule has 2 heterocycles. The molecule has 2 fully saturated rings. The molecule has 0 saturated carbocycles.